The third kappa shape index (κ3) is 4.27. The predicted molar refractivity (Wildman–Crippen MR) is 93.9 cm³/mol. The molecule has 0 saturated carbocycles. The van der Waals surface area contributed by atoms with Gasteiger partial charge in [-0.2, -0.15) is 0 Å². The highest BCUT2D eigenvalue weighted by atomic mass is 16.2. The second kappa shape index (κ2) is 7.81. The Hall–Kier alpha value is -3.16. The van der Waals surface area contributed by atoms with E-state index in [4.69, 9.17) is 0 Å². The van der Waals surface area contributed by atoms with Crippen molar-refractivity contribution >= 4 is 17.8 Å². The molecule has 1 aliphatic heterocycles. The van der Waals surface area contributed by atoms with Crippen molar-refractivity contribution in [2.45, 2.75) is 32.0 Å². The van der Waals surface area contributed by atoms with Crippen molar-refractivity contribution in [3.8, 4) is 0 Å². The fraction of sp³-hybridized carbons (Fsp3) is 0.333. The van der Waals surface area contributed by atoms with Crippen molar-refractivity contribution in [2.75, 3.05) is 7.05 Å². The number of urea groups is 1. The molecule has 0 spiro atoms. The van der Waals surface area contributed by atoms with Crippen molar-refractivity contribution in [1.82, 2.24) is 25.1 Å². The Morgan fingerprint density at radius 1 is 1.27 bits per heavy atom. The number of carbonyl (C=O) groups is 3. The van der Waals surface area contributed by atoms with Gasteiger partial charge in [-0.15, -0.1) is 0 Å². The van der Waals surface area contributed by atoms with E-state index in [1.807, 2.05) is 41.1 Å². The van der Waals surface area contributed by atoms with Crippen LogP contribution in [0.25, 0.3) is 0 Å². The molecule has 8 heteroatoms. The SMILES string of the molecule is CN(Cc1nccn1Cc1ccccc1)C(=O)CCC1NC(=O)NC1=O. The molecule has 1 aliphatic rings. The average Bonchev–Trinajstić information content (AvgIpc) is 3.19. The summed E-state index contributed by atoms with van der Waals surface area (Å²) in [7, 11) is 1.71. The molecule has 1 saturated heterocycles. The Kier molecular flexibility index (Phi) is 5.31. The van der Waals surface area contributed by atoms with Crippen LogP contribution in [0.4, 0.5) is 4.79 Å². The number of nitrogens with zero attached hydrogens (tertiary/aromatic N) is 3. The maximum atomic E-state index is 12.3. The molecule has 8 nitrogen and oxygen atoms in total. The summed E-state index contributed by atoms with van der Waals surface area (Å²) in [6, 6.07) is 8.87. The normalized spacial score (nSPS) is 16.3. The number of hydrogen-bond acceptors (Lipinski definition) is 4. The molecule has 3 rings (SSSR count). The van der Waals surface area contributed by atoms with Gasteiger partial charge in [0.05, 0.1) is 6.54 Å². The monoisotopic (exact) mass is 355 g/mol. The number of aromatic nitrogens is 2. The van der Waals surface area contributed by atoms with Gasteiger partial charge in [0.2, 0.25) is 5.91 Å². The molecular weight excluding hydrogens is 334 g/mol. The molecule has 4 amide bonds. The zero-order valence-electron chi connectivity index (χ0n) is 14.5. The molecule has 1 aromatic heterocycles. The minimum absolute atomic E-state index is 0.104. The van der Waals surface area contributed by atoms with Crippen LogP contribution in [0.1, 0.15) is 24.2 Å². The molecule has 2 aromatic rings. The third-order valence-corrected chi connectivity index (χ3v) is 4.31. The molecule has 2 heterocycles. The number of hydrogen-bond donors (Lipinski definition) is 2. The summed E-state index contributed by atoms with van der Waals surface area (Å²) in [5.41, 5.74) is 1.16. The van der Waals surface area contributed by atoms with Crippen LogP contribution in [-0.2, 0) is 22.7 Å². The topological polar surface area (TPSA) is 96.3 Å². The first-order valence-electron chi connectivity index (χ1n) is 8.42. The molecule has 1 unspecified atom stereocenters. The molecule has 0 aliphatic carbocycles. The standard InChI is InChI=1S/C18H21N5O3/c1-22(16(24)8-7-14-17(25)21-18(26)20-14)12-15-19-9-10-23(15)11-13-5-3-2-4-6-13/h2-6,9-10,14H,7-8,11-12H2,1H3,(H2,20,21,25,26). The smallest absolute Gasteiger partial charge is 0.322 e. The number of imidazole rings is 1. The lowest BCUT2D eigenvalue weighted by atomic mass is 10.1. The van der Waals surface area contributed by atoms with Crippen LogP contribution in [0.3, 0.4) is 0 Å². The Morgan fingerprint density at radius 3 is 2.73 bits per heavy atom. The van der Waals surface area contributed by atoms with Gasteiger partial charge in [-0.3, -0.25) is 14.9 Å². The highest BCUT2D eigenvalue weighted by molar-refractivity contribution is 6.04. The van der Waals surface area contributed by atoms with Crippen LogP contribution in [-0.4, -0.2) is 45.4 Å². The van der Waals surface area contributed by atoms with E-state index in [9.17, 15) is 14.4 Å². The molecule has 26 heavy (non-hydrogen) atoms. The Bertz CT molecular complexity index is 802. The number of carbonyl (C=O) groups excluding carboxylic acids is 3. The minimum Gasteiger partial charge on any atom is -0.338 e. The number of rotatable bonds is 7. The van der Waals surface area contributed by atoms with E-state index in [0.717, 1.165) is 11.4 Å². The fourth-order valence-corrected chi connectivity index (χ4v) is 2.84. The van der Waals surface area contributed by atoms with Crippen LogP contribution in [0, 0.1) is 0 Å². The lowest BCUT2D eigenvalue weighted by Gasteiger charge is -2.18. The number of imide groups is 1. The second-order valence-electron chi connectivity index (χ2n) is 6.26. The largest absolute Gasteiger partial charge is 0.338 e. The van der Waals surface area contributed by atoms with Crippen molar-refractivity contribution < 1.29 is 14.4 Å². The Labute approximate surface area is 151 Å². The summed E-state index contributed by atoms with van der Waals surface area (Å²) in [6.45, 7) is 1.06. The van der Waals surface area contributed by atoms with Gasteiger partial charge in [0.15, 0.2) is 0 Å². The zero-order chi connectivity index (χ0) is 18.5. The van der Waals surface area contributed by atoms with Gasteiger partial charge in [-0.05, 0) is 12.0 Å². The first-order valence-corrected chi connectivity index (χ1v) is 8.42. The Morgan fingerprint density at radius 2 is 2.04 bits per heavy atom. The first-order chi connectivity index (χ1) is 12.5. The van der Waals surface area contributed by atoms with E-state index in [1.54, 1.807) is 18.1 Å². The van der Waals surface area contributed by atoms with Gasteiger partial charge in [-0.25, -0.2) is 9.78 Å². The molecule has 136 valence electrons. The van der Waals surface area contributed by atoms with Crippen LogP contribution in [0.2, 0.25) is 0 Å². The van der Waals surface area contributed by atoms with Crippen LogP contribution >= 0.6 is 0 Å². The van der Waals surface area contributed by atoms with Gasteiger partial charge in [-0.1, -0.05) is 30.3 Å². The van der Waals surface area contributed by atoms with E-state index in [1.165, 1.54) is 0 Å². The fourth-order valence-electron chi connectivity index (χ4n) is 2.84. The molecule has 0 radical (unpaired) electrons. The molecule has 2 N–H and O–H groups in total. The molecule has 1 atom stereocenters. The summed E-state index contributed by atoms with van der Waals surface area (Å²) in [6.07, 6.45) is 4.06. The van der Waals surface area contributed by atoms with E-state index >= 15 is 0 Å². The summed E-state index contributed by atoms with van der Waals surface area (Å²) in [5, 5.41) is 4.65. The lowest BCUT2D eigenvalue weighted by molar-refractivity contribution is -0.130. The van der Waals surface area contributed by atoms with Crippen molar-refractivity contribution in [2.24, 2.45) is 0 Å². The zero-order valence-corrected chi connectivity index (χ0v) is 14.5. The van der Waals surface area contributed by atoms with E-state index < -0.39 is 12.1 Å². The predicted octanol–water partition coefficient (Wildman–Crippen LogP) is 0.878. The number of amides is 4. The van der Waals surface area contributed by atoms with E-state index in [0.29, 0.717) is 13.1 Å². The maximum Gasteiger partial charge on any atom is 0.322 e. The summed E-state index contributed by atoms with van der Waals surface area (Å²) >= 11 is 0. The highest BCUT2D eigenvalue weighted by Crippen LogP contribution is 2.10. The second-order valence-corrected chi connectivity index (χ2v) is 6.26. The summed E-state index contributed by atoms with van der Waals surface area (Å²) in [4.78, 5) is 40.9. The number of benzene rings is 1. The highest BCUT2D eigenvalue weighted by Gasteiger charge is 2.29. The quantitative estimate of drug-likeness (QED) is 0.721. The Balaban J connectivity index is 1.54. The summed E-state index contributed by atoms with van der Waals surface area (Å²) < 4.78 is 2.00. The van der Waals surface area contributed by atoms with Gasteiger partial charge in [0, 0.05) is 32.4 Å². The van der Waals surface area contributed by atoms with Gasteiger partial charge in [0.1, 0.15) is 11.9 Å². The van der Waals surface area contributed by atoms with Crippen LogP contribution in [0.15, 0.2) is 42.7 Å². The van der Waals surface area contributed by atoms with Crippen molar-refractivity contribution in [1.29, 1.82) is 0 Å². The lowest BCUT2D eigenvalue weighted by Crippen LogP contribution is -2.33. The number of nitrogens with one attached hydrogen (secondary N) is 2. The average molecular weight is 355 g/mol. The maximum absolute atomic E-state index is 12.3. The van der Waals surface area contributed by atoms with Crippen molar-refractivity contribution in [3.05, 3.63) is 54.1 Å². The van der Waals surface area contributed by atoms with Crippen molar-refractivity contribution in [3.63, 3.8) is 0 Å². The molecule has 1 fully saturated rings. The minimum atomic E-state index is -0.639. The van der Waals surface area contributed by atoms with E-state index in [-0.39, 0.29) is 24.7 Å². The van der Waals surface area contributed by atoms with Gasteiger partial charge >= 0.3 is 6.03 Å². The van der Waals surface area contributed by atoms with Gasteiger partial charge in [0.25, 0.3) is 5.91 Å². The van der Waals surface area contributed by atoms with E-state index in [2.05, 4.69) is 15.6 Å². The molecule has 0 bridgehead atoms. The summed E-state index contributed by atoms with van der Waals surface area (Å²) in [5.74, 6) is 0.300. The van der Waals surface area contributed by atoms with Crippen LogP contribution < -0.4 is 10.6 Å². The van der Waals surface area contributed by atoms with Crippen LogP contribution in [0.5, 0.6) is 0 Å². The third-order valence-electron chi connectivity index (χ3n) is 4.31. The first kappa shape index (κ1) is 17.7. The van der Waals surface area contributed by atoms with Gasteiger partial charge < -0.3 is 14.8 Å². The molecule has 1 aromatic carbocycles. The molecular formula is C18H21N5O3.